The lowest BCUT2D eigenvalue weighted by Crippen LogP contribution is -2.15. The Morgan fingerprint density at radius 2 is 1.72 bits per heavy atom. The van der Waals surface area contributed by atoms with Crippen molar-refractivity contribution in [1.29, 1.82) is 0 Å². The summed E-state index contributed by atoms with van der Waals surface area (Å²) in [5.41, 5.74) is -0.811. The number of halogens is 3. The molecular formula is C18H14F3NO3. The number of nitrogens with one attached hydrogen (secondary N) is 1. The van der Waals surface area contributed by atoms with Gasteiger partial charge in [-0.2, -0.15) is 13.2 Å². The molecule has 2 rings (SSSR count). The van der Waals surface area contributed by atoms with Gasteiger partial charge in [0.1, 0.15) is 5.70 Å². The van der Waals surface area contributed by atoms with Crippen LogP contribution in [0.5, 0.6) is 0 Å². The Bertz CT molecular complexity index is 799. The zero-order valence-electron chi connectivity index (χ0n) is 13.1. The number of esters is 1. The number of hydrogen-bond acceptors (Lipinski definition) is 4. The number of anilines is 1. The summed E-state index contributed by atoms with van der Waals surface area (Å²) in [5, 5.41) is 2.51. The summed E-state index contributed by atoms with van der Waals surface area (Å²) in [6, 6.07) is 12.4. The lowest BCUT2D eigenvalue weighted by molar-refractivity contribution is -0.137. The van der Waals surface area contributed by atoms with Crippen molar-refractivity contribution in [3.8, 4) is 0 Å². The lowest BCUT2D eigenvalue weighted by Gasteiger charge is -2.12. The van der Waals surface area contributed by atoms with E-state index in [1.807, 2.05) is 0 Å². The van der Waals surface area contributed by atoms with Gasteiger partial charge in [0.05, 0.1) is 12.7 Å². The normalized spacial score (nSPS) is 11.8. The summed E-state index contributed by atoms with van der Waals surface area (Å²) in [5.74, 6) is -1.36. The minimum atomic E-state index is -4.52. The van der Waals surface area contributed by atoms with Crippen molar-refractivity contribution in [1.82, 2.24) is 0 Å². The van der Waals surface area contributed by atoms with Crippen LogP contribution in [-0.2, 0) is 15.7 Å². The van der Waals surface area contributed by atoms with Gasteiger partial charge in [-0.25, -0.2) is 4.79 Å². The first-order valence-corrected chi connectivity index (χ1v) is 7.15. The van der Waals surface area contributed by atoms with Gasteiger partial charge in [0.15, 0.2) is 5.78 Å². The van der Waals surface area contributed by atoms with E-state index in [4.69, 9.17) is 0 Å². The number of ether oxygens (including phenoxy) is 1. The average molecular weight is 349 g/mol. The van der Waals surface area contributed by atoms with Crippen LogP contribution in [0.3, 0.4) is 0 Å². The van der Waals surface area contributed by atoms with Gasteiger partial charge in [-0.3, -0.25) is 4.79 Å². The van der Waals surface area contributed by atoms with Crippen molar-refractivity contribution in [2.45, 2.75) is 6.18 Å². The second-order valence-corrected chi connectivity index (χ2v) is 4.98. The summed E-state index contributed by atoms with van der Waals surface area (Å²) in [7, 11) is 1.11. The summed E-state index contributed by atoms with van der Waals surface area (Å²) in [4.78, 5) is 24.0. The molecule has 2 aromatic rings. The molecule has 0 radical (unpaired) electrons. The Hall–Kier alpha value is -3.09. The largest absolute Gasteiger partial charge is 0.464 e. The molecule has 1 N–H and O–H groups in total. The van der Waals surface area contributed by atoms with Crippen LogP contribution in [0.25, 0.3) is 0 Å². The van der Waals surface area contributed by atoms with Crippen molar-refractivity contribution in [2.24, 2.45) is 0 Å². The molecule has 25 heavy (non-hydrogen) atoms. The fourth-order valence-electron chi connectivity index (χ4n) is 2.00. The number of benzene rings is 2. The van der Waals surface area contributed by atoms with E-state index in [0.717, 1.165) is 25.3 Å². The number of hydrogen-bond donors (Lipinski definition) is 1. The van der Waals surface area contributed by atoms with Gasteiger partial charge in [-0.15, -0.1) is 0 Å². The van der Waals surface area contributed by atoms with Crippen LogP contribution in [0.4, 0.5) is 18.9 Å². The van der Waals surface area contributed by atoms with Gasteiger partial charge in [0.2, 0.25) is 0 Å². The molecule has 0 aliphatic carbocycles. The number of carbonyl (C=O) groups excluding carboxylic acids is 2. The molecule has 0 aromatic heterocycles. The van der Waals surface area contributed by atoms with E-state index in [2.05, 4.69) is 10.1 Å². The van der Waals surface area contributed by atoms with Crippen molar-refractivity contribution in [3.05, 3.63) is 77.5 Å². The second kappa shape index (κ2) is 7.65. The molecule has 0 aliphatic heterocycles. The number of carbonyl (C=O) groups is 2. The Morgan fingerprint density at radius 1 is 1.04 bits per heavy atom. The monoisotopic (exact) mass is 349 g/mol. The van der Waals surface area contributed by atoms with E-state index in [0.29, 0.717) is 5.56 Å². The topological polar surface area (TPSA) is 55.4 Å². The maximum atomic E-state index is 12.8. The van der Waals surface area contributed by atoms with Crippen LogP contribution in [0.2, 0.25) is 0 Å². The highest BCUT2D eigenvalue weighted by Gasteiger charge is 2.30. The van der Waals surface area contributed by atoms with E-state index >= 15 is 0 Å². The Labute approximate surface area is 141 Å². The van der Waals surface area contributed by atoms with Crippen molar-refractivity contribution in [2.75, 3.05) is 12.4 Å². The fourth-order valence-corrected chi connectivity index (χ4v) is 2.00. The molecule has 0 unspecified atom stereocenters. The van der Waals surface area contributed by atoms with E-state index in [-0.39, 0.29) is 11.4 Å². The Kier molecular flexibility index (Phi) is 5.59. The minimum Gasteiger partial charge on any atom is -0.464 e. The number of alkyl halides is 3. The average Bonchev–Trinajstić information content (AvgIpc) is 2.60. The maximum Gasteiger partial charge on any atom is 0.416 e. The second-order valence-electron chi connectivity index (χ2n) is 4.98. The first-order chi connectivity index (χ1) is 11.8. The molecule has 2 aromatic carbocycles. The molecular weight excluding hydrogens is 335 g/mol. The van der Waals surface area contributed by atoms with Crippen molar-refractivity contribution in [3.63, 3.8) is 0 Å². The van der Waals surface area contributed by atoms with Crippen LogP contribution < -0.4 is 5.32 Å². The van der Waals surface area contributed by atoms with Gasteiger partial charge >= 0.3 is 12.1 Å². The molecule has 0 bridgehead atoms. The molecule has 0 atom stereocenters. The third-order valence-corrected chi connectivity index (χ3v) is 3.21. The molecule has 0 amide bonds. The van der Waals surface area contributed by atoms with Crippen LogP contribution in [0, 0.1) is 0 Å². The number of methoxy groups -OCH3 is 1. The van der Waals surface area contributed by atoms with Crippen LogP contribution in [0.1, 0.15) is 15.9 Å². The zero-order valence-corrected chi connectivity index (χ0v) is 13.1. The first kappa shape index (κ1) is 18.3. The molecule has 0 spiro atoms. The van der Waals surface area contributed by atoms with Crippen LogP contribution in [-0.4, -0.2) is 18.9 Å². The Morgan fingerprint density at radius 3 is 2.32 bits per heavy atom. The molecule has 0 saturated carbocycles. The molecule has 7 heteroatoms. The van der Waals surface area contributed by atoms with Gasteiger partial charge in [0.25, 0.3) is 0 Å². The van der Waals surface area contributed by atoms with E-state index in [1.54, 1.807) is 30.3 Å². The van der Waals surface area contributed by atoms with Gasteiger partial charge in [-0.05, 0) is 18.2 Å². The van der Waals surface area contributed by atoms with E-state index < -0.39 is 23.5 Å². The Balaban J connectivity index is 2.32. The standard InChI is InChI=1S/C18H14F3NO3/c1-25-17(24)15(11-16(23)12-6-3-2-4-7-12)22-14-9-5-8-13(10-14)18(19,20)21/h2-11,22H,1H3. The number of allylic oxidation sites excluding steroid dienone is 1. The van der Waals surface area contributed by atoms with E-state index in [1.165, 1.54) is 12.1 Å². The maximum absolute atomic E-state index is 12.8. The molecule has 4 nitrogen and oxygen atoms in total. The lowest BCUT2D eigenvalue weighted by atomic mass is 10.1. The molecule has 0 saturated heterocycles. The molecule has 0 fully saturated rings. The predicted molar refractivity (Wildman–Crippen MR) is 85.9 cm³/mol. The summed E-state index contributed by atoms with van der Waals surface area (Å²) in [6.45, 7) is 0. The highest BCUT2D eigenvalue weighted by atomic mass is 19.4. The molecule has 0 heterocycles. The zero-order chi connectivity index (χ0) is 18.4. The highest BCUT2D eigenvalue weighted by Crippen LogP contribution is 2.31. The number of ketones is 1. The highest BCUT2D eigenvalue weighted by molar-refractivity contribution is 6.09. The summed E-state index contributed by atoms with van der Waals surface area (Å²) < 4.78 is 42.9. The van der Waals surface area contributed by atoms with Crippen LogP contribution in [0.15, 0.2) is 66.4 Å². The quantitative estimate of drug-likeness (QED) is 0.502. The van der Waals surface area contributed by atoms with Gasteiger partial charge in [-0.1, -0.05) is 36.4 Å². The predicted octanol–water partition coefficient (Wildman–Crippen LogP) is 4.06. The van der Waals surface area contributed by atoms with E-state index in [9.17, 15) is 22.8 Å². The van der Waals surface area contributed by atoms with Gasteiger partial charge in [0, 0.05) is 17.3 Å². The first-order valence-electron chi connectivity index (χ1n) is 7.15. The van der Waals surface area contributed by atoms with Crippen molar-refractivity contribution >= 4 is 17.4 Å². The third-order valence-electron chi connectivity index (χ3n) is 3.21. The third kappa shape index (κ3) is 4.94. The minimum absolute atomic E-state index is 0.00679. The molecule has 0 aliphatic rings. The van der Waals surface area contributed by atoms with Crippen molar-refractivity contribution < 1.29 is 27.5 Å². The summed E-state index contributed by atoms with van der Waals surface area (Å²) >= 11 is 0. The van der Waals surface area contributed by atoms with Crippen LogP contribution >= 0.6 is 0 Å². The molecule has 130 valence electrons. The SMILES string of the molecule is COC(=O)C(=CC(=O)c1ccccc1)Nc1cccc(C(F)(F)F)c1. The fraction of sp³-hybridized carbons (Fsp3) is 0.111. The summed E-state index contributed by atoms with van der Waals surface area (Å²) in [6.07, 6.45) is -3.53. The smallest absolute Gasteiger partial charge is 0.416 e. The number of rotatable bonds is 5. The van der Waals surface area contributed by atoms with Gasteiger partial charge < -0.3 is 10.1 Å².